The quantitative estimate of drug-likeness (QED) is 0.413. The van der Waals surface area contributed by atoms with Crippen molar-refractivity contribution < 1.29 is 14.3 Å². The summed E-state index contributed by atoms with van der Waals surface area (Å²) in [5, 5.41) is 0.498. The smallest absolute Gasteiger partial charge is 0.343 e. The number of Topliss-reactive ketones (excluding diaryl/α,β-unsaturated/α-hetero) is 1. The van der Waals surface area contributed by atoms with Gasteiger partial charge in [-0.25, -0.2) is 9.78 Å². The molecule has 4 rings (SSSR count). The van der Waals surface area contributed by atoms with Crippen molar-refractivity contribution in [2.45, 2.75) is 26.3 Å². The third-order valence-electron chi connectivity index (χ3n) is 4.52. The molecule has 0 radical (unpaired) electrons. The van der Waals surface area contributed by atoms with Crippen LogP contribution in [0.25, 0.3) is 10.9 Å². The van der Waals surface area contributed by atoms with Crippen LogP contribution in [0.2, 0.25) is 0 Å². The minimum absolute atomic E-state index is 0.0534. The van der Waals surface area contributed by atoms with Gasteiger partial charge >= 0.3 is 5.97 Å². The number of benzene rings is 2. The highest BCUT2D eigenvalue weighted by molar-refractivity contribution is 5.96. The van der Waals surface area contributed by atoms with Gasteiger partial charge in [0.1, 0.15) is 11.6 Å². The summed E-state index contributed by atoms with van der Waals surface area (Å²) in [7, 11) is 0. The Hall–Kier alpha value is -3.28. The van der Waals surface area contributed by atoms with E-state index >= 15 is 0 Å². The van der Waals surface area contributed by atoms with Gasteiger partial charge in [0.05, 0.1) is 16.5 Å². The maximum Gasteiger partial charge on any atom is 0.343 e. The molecular weight excluding hydrogens is 332 g/mol. The molecule has 1 aliphatic heterocycles. The normalized spacial score (nSPS) is 12.8. The summed E-state index contributed by atoms with van der Waals surface area (Å²) in [6.45, 7) is 2.17. The zero-order valence-corrected chi connectivity index (χ0v) is 14.2. The summed E-state index contributed by atoms with van der Waals surface area (Å²) in [6, 6.07) is 11.1. The lowest BCUT2D eigenvalue weighted by atomic mass is 10.1. The van der Waals surface area contributed by atoms with Crippen LogP contribution < -0.4 is 10.3 Å². The molecule has 1 aliphatic rings. The monoisotopic (exact) mass is 348 g/mol. The van der Waals surface area contributed by atoms with Crippen LogP contribution >= 0.6 is 0 Å². The van der Waals surface area contributed by atoms with Gasteiger partial charge < -0.3 is 4.74 Å². The van der Waals surface area contributed by atoms with Gasteiger partial charge in [-0.15, -0.1) is 0 Å². The van der Waals surface area contributed by atoms with Gasteiger partial charge in [-0.1, -0.05) is 0 Å². The number of hydrogen-bond acceptors (Lipinski definition) is 5. The maximum absolute atomic E-state index is 12.5. The van der Waals surface area contributed by atoms with E-state index in [1.807, 2.05) is 0 Å². The molecule has 0 amide bonds. The number of carbonyl (C=O) groups is 2. The lowest BCUT2D eigenvalue weighted by Crippen LogP contribution is -2.21. The predicted octanol–water partition coefficient (Wildman–Crippen LogP) is 2.76. The molecule has 0 aliphatic carbocycles. The molecule has 26 heavy (non-hydrogen) atoms. The molecule has 130 valence electrons. The molecule has 0 spiro atoms. The van der Waals surface area contributed by atoms with E-state index in [1.165, 1.54) is 6.92 Å². The van der Waals surface area contributed by atoms with Gasteiger partial charge in [-0.3, -0.25) is 14.2 Å². The van der Waals surface area contributed by atoms with Crippen molar-refractivity contribution in [2.24, 2.45) is 0 Å². The molecule has 3 aromatic rings. The summed E-state index contributed by atoms with van der Waals surface area (Å²) in [5.41, 5.74) is 1.31. The Kier molecular flexibility index (Phi) is 3.88. The largest absolute Gasteiger partial charge is 0.423 e. The first-order valence-corrected chi connectivity index (χ1v) is 8.39. The fraction of sp³-hybridized carbons (Fsp3) is 0.200. The molecule has 2 aromatic carbocycles. The van der Waals surface area contributed by atoms with Gasteiger partial charge in [-0.05, 0) is 55.8 Å². The van der Waals surface area contributed by atoms with Crippen LogP contribution in [0, 0.1) is 0 Å². The molecule has 2 heterocycles. The summed E-state index contributed by atoms with van der Waals surface area (Å²) < 4.78 is 7.04. The molecule has 6 nitrogen and oxygen atoms in total. The Morgan fingerprint density at radius 2 is 1.81 bits per heavy atom. The van der Waals surface area contributed by atoms with Crippen molar-refractivity contribution in [3.8, 4) is 5.75 Å². The van der Waals surface area contributed by atoms with Crippen LogP contribution in [0.1, 0.15) is 39.9 Å². The van der Waals surface area contributed by atoms with E-state index in [1.54, 1.807) is 47.0 Å². The van der Waals surface area contributed by atoms with Gasteiger partial charge in [-0.2, -0.15) is 0 Å². The van der Waals surface area contributed by atoms with Gasteiger partial charge in [0.2, 0.25) is 0 Å². The molecule has 0 saturated carbocycles. The zero-order chi connectivity index (χ0) is 18.3. The van der Waals surface area contributed by atoms with Crippen molar-refractivity contribution in [3.05, 3.63) is 69.8 Å². The van der Waals surface area contributed by atoms with Crippen molar-refractivity contribution in [1.82, 2.24) is 9.55 Å². The van der Waals surface area contributed by atoms with E-state index in [-0.39, 0.29) is 11.3 Å². The Morgan fingerprint density at radius 1 is 1.08 bits per heavy atom. The highest BCUT2D eigenvalue weighted by atomic mass is 16.5. The number of fused-ring (bicyclic) bond motifs is 2. The summed E-state index contributed by atoms with van der Waals surface area (Å²) >= 11 is 0. The third-order valence-corrected chi connectivity index (χ3v) is 4.52. The van der Waals surface area contributed by atoms with Crippen molar-refractivity contribution in [3.63, 3.8) is 0 Å². The zero-order valence-electron chi connectivity index (χ0n) is 14.2. The van der Waals surface area contributed by atoms with E-state index in [2.05, 4.69) is 4.98 Å². The van der Waals surface area contributed by atoms with E-state index in [0.29, 0.717) is 34.3 Å². The second-order valence-corrected chi connectivity index (χ2v) is 6.29. The topological polar surface area (TPSA) is 78.3 Å². The standard InChI is InChI=1S/C20H16N2O4/c1-12(23)13-4-7-15(8-5-13)26-20(25)14-6-9-16-17(11-14)21-18-3-2-10-22(18)19(16)24/h4-9,11H,2-3,10H2,1H3. The number of aryl methyl sites for hydroxylation is 1. The van der Waals surface area contributed by atoms with Gasteiger partial charge in [0.25, 0.3) is 5.56 Å². The van der Waals surface area contributed by atoms with Crippen LogP contribution in [-0.2, 0) is 13.0 Å². The lowest BCUT2D eigenvalue weighted by molar-refractivity contribution is 0.0735. The number of esters is 1. The SMILES string of the molecule is CC(=O)c1ccc(OC(=O)c2ccc3c(=O)n4c(nc3c2)CCC4)cc1. The van der Waals surface area contributed by atoms with Crippen molar-refractivity contribution in [2.75, 3.05) is 0 Å². The summed E-state index contributed by atoms with van der Waals surface area (Å²) in [6.07, 6.45) is 1.67. The molecule has 0 N–H and O–H groups in total. The highest BCUT2D eigenvalue weighted by Crippen LogP contribution is 2.18. The Balaban J connectivity index is 1.64. The Bertz CT molecular complexity index is 1100. The first-order valence-electron chi connectivity index (χ1n) is 8.39. The van der Waals surface area contributed by atoms with Gasteiger partial charge in [0.15, 0.2) is 5.78 Å². The average Bonchev–Trinajstić information content (AvgIpc) is 3.10. The minimum atomic E-state index is -0.537. The van der Waals surface area contributed by atoms with Crippen LogP contribution in [0.4, 0.5) is 0 Å². The summed E-state index contributed by atoms with van der Waals surface area (Å²) in [5.74, 6) is 0.516. The van der Waals surface area contributed by atoms with E-state index in [9.17, 15) is 14.4 Å². The third kappa shape index (κ3) is 2.79. The van der Waals surface area contributed by atoms with Crippen LogP contribution in [0.5, 0.6) is 5.75 Å². The molecular formula is C20H16N2O4. The fourth-order valence-electron chi connectivity index (χ4n) is 3.13. The van der Waals surface area contributed by atoms with Crippen LogP contribution in [0.3, 0.4) is 0 Å². The fourth-order valence-corrected chi connectivity index (χ4v) is 3.13. The first-order chi connectivity index (χ1) is 12.5. The molecule has 0 saturated heterocycles. The molecule has 0 atom stereocenters. The first kappa shape index (κ1) is 16.2. The molecule has 0 bridgehead atoms. The second kappa shape index (κ2) is 6.22. The highest BCUT2D eigenvalue weighted by Gasteiger charge is 2.17. The number of ketones is 1. The van der Waals surface area contributed by atoms with E-state index in [4.69, 9.17) is 4.74 Å². The number of carbonyl (C=O) groups excluding carboxylic acids is 2. The molecule has 0 unspecified atom stereocenters. The number of ether oxygens (including phenoxy) is 1. The molecule has 0 fully saturated rings. The molecule has 1 aromatic heterocycles. The van der Waals surface area contributed by atoms with E-state index in [0.717, 1.165) is 18.7 Å². The van der Waals surface area contributed by atoms with Crippen molar-refractivity contribution in [1.29, 1.82) is 0 Å². The van der Waals surface area contributed by atoms with E-state index < -0.39 is 5.97 Å². The average molecular weight is 348 g/mol. The minimum Gasteiger partial charge on any atom is -0.423 e. The van der Waals surface area contributed by atoms with Crippen LogP contribution in [-0.4, -0.2) is 21.3 Å². The number of aromatic nitrogens is 2. The number of rotatable bonds is 3. The number of nitrogens with zero attached hydrogens (tertiary/aromatic N) is 2. The lowest BCUT2D eigenvalue weighted by Gasteiger charge is -2.07. The molecule has 6 heteroatoms. The Morgan fingerprint density at radius 3 is 2.54 bits per heavy atom. The Labute approximate surface area is 149 Å². The van der Waals surface area contributed by atoms with Gasteiger partial charge in [0, 0.05) is 18.5 Å². The van der Waals surface area contributed by atoms with Crippen molar-refractivity contribution >= 4 is 22.7 Å². The van der Waals surface area contributed by atoms with Crippen LogP contribution in [0.15, 0.2) is 47.3 Å². The summed E-state index contributed by atoms with van der Waals surface area (Å²) in [4.78, 5) is 40.7. The predicted molar refractivity (Wildman–Crippen MR) is 95.7 cm³/mol. The maximum atomic E-state index is 12.5. The second-order valence-electron chi connectivity index (χ2n) is 6.29. The number of hydrogen-bond donors (Lipinski definition) is 0.